The molecule has 1 aliphatic carbocycles. The Kier molecular flexibility index (Phi) is 6.20. The number of benzene rings is 1. The molecule has 2 atom stereocenters. The van der Waals surface area contributed by atoms with Crippen LogP contribution in [0.1, 0.15) is 43.5 Å². The minimum Gasteiger partial charge on any atom is -0.393 e. The average Bonchev–Trinajstić information content (AvgIpc) is 2.91. The lowest BCUT2D eigenvalue weighted by atomic mass is 10.1. The monoisotopic (exact) mass is 333 g/mol. The van der Waals surface area contributed by atoms with Crippen LogP contribution < -0.4 is 10.6 Å². The quantitative estimate of drug-likeness (QED) is 0.774. The van der Waals surface area contributed by atoms with Crippen molar-refractivity contribution in [3.05, 3.63) is 29.8 Å². The van der Waals surface area contributed by atoms with Crippen LogP contribution in [0.5, 0.6) is 0 Å². The summed E-state index contributed by atoms with van der Waals surface area (Å²) in [4.78, 5) is 26.0. The van der Waals surface area contributed by atoms with Crippen molar-refractivity contribution in [2.45, 2.75) is 45.3 Å². The van der Waals surface area contributed by atoms with E-state index in [1.165, 1.54) is 0 Å². The second-order valence-electron chi connectivity index (χ2n) is 6.78. The number of nitrogens with zero attached hydrogens (tertiary/aromatic N) is 1. The molecule has 0 radical (unpaired) electrons. The Morgan fingerprint density at radius 2 is 2.08 bits per heavy atom. The first-order valence-corrected chi connectivity index (χ1v) is 8.48. The molecule has 132 valence electrons. The van der Waals surface area contributed by atoms with Crippen LogP contribution in [0.15, 0.2) is 24.3 Å². The molecular formula is C18H27N3O3. The van der Waals surface area contributed by atoms with Gasteiger partial charge in [-0.25, -0.2) is 4.79 Å². The first-order chi connectivity index (χ1) is 11.4. The number of rotatable bonds is 5. The Labute approximate surface area is 143 Å². The summed E-state index contributed by atoms with van der Waals surface area (Å²) in [5.74, 6) is 0.0408. The molecule has 1 aromatic rings. The van der Waals surface area contributed by atoms with Gasteiger partial charge >= 0.3 is 6.03 Å². The molecule has 0 saturated heterocycles. The smallest absolute Gasteiger partial charge is 0.319 e. The molecule has 24 heavy (non-hydrogen) atoms. The van der Waals surface area contributed by atoms with Crippen LogP contribution in [0.25, 0.3) is 0 Å². The van der Waals surface area contributed by atoms with E-state index in [0.29, 0.717) is 17.8 Å². The largest absolute Gasteiger partial charge is 0.393 e. The van der Waals surface area contributed by atoms with Crippen molar-refractivity contribution in [2.75, 3.05) is 18.9 Å². The number of amides is 3. The van der Waals surface area contributed by atoms with Gasteiger partial charge in [-0.05, 0) is 44.9 Å². The van der Waals surface area contributed by atoms with Crippen molar-refractivity contribution in [3.63, 3.8) is 0 Å². The minimum absolute atomic E-state index is 0.0405. The predicted molar refractivity (Wildman–Crippen MR) is 94.0 cm³/mol. The van der Waals surface area contributed by atoms with Crippen molar-refractivity contribution < 1.29 is 14.7 Å². The van der Waals surface area contributed by atoms with Gasteiger partial charge in [0.15, 0.2) is 0 Å². The molecule has 1 aromatic carbocycles. The molecule has 0 heterocycles. The maximum atomic E-state index is 12.6. The molecule has 1 fully saturated rings. The lowest BCUT2D eigenvalue weighted by Crippen LogP contribution is -2.35. The van der Waals surface area contributed by atoms with Crippen LogP contribution in [0.3, 0.4) is 0 Å². The van der Waals surface area contributed by atoms with Crippen LogP contribution in [-0.4, -0.2) is 47.7 Å². The maximum Gasteiger partial charge on any atom is 0.319 e. The van der Waals surface area contributed by atoms with Gasteiger partial charge in [-0.1, -0.05) is 12.5 Å². The lowest BCUT2D eigenvalue weighted by molar-refractivity contribution is 0.0693. The van der Waals surface area contributed by atoms with Gasteiger partial charge in [0.05, 0.1) is 6.10 Å². The number of hydrogen-bond donors (Lipinski definition) is 3. The van der Waals surface area contributed by atoms with E-state index in [2.05, 4.69) is 10.6 Å². The van der Waals surface area contributed by atoms with Gasteiger partial charge in [0.2, 0.25) is 0 Å². The highest BCUT2D eigenvalue weighted by molar-refractivity contribution is 5.96. The second-order valence-corrected chi connectivity index (χ2v) is 6.78. The van der Waals surface area contributed by atoms with Crippen LogP contribution >= 0.6 is 0 Å². The summed E-state index contributed by atoms with van der Waals surface area (Å²) < 4.78 is 0. The Hall–Kier alpha value is -2.08. The molecule has 0 unspecified atom stereocenters. The summed E-state index contributed by atoms with van der Waals surface area (Å²) in [7, 11) is 1.75. The molecule has 0 bridgehead atoms. The standard InChI is InChI=1S/C18H27N3O3/c1-12(2)19-18(24)20-15-8-4-6-13(10-15)17(23)21(3)11-14-7-5-9-16(14)22/h4,6,8,10,12,14,16,22H,5,7,9,11H2,1-3H3,(H2,19,20,24)/t14-,16-/m0/s1. The van der Waals surface area contributed by atoms with Crippen molar-refractivity contribution in [2.24, 2.45) is 5.92 Å². The van der Waals surface area contributed by atoms with E-state index in [0.717, 1.165) is 19.3 Å². The summed E-state index contributed by atoms with van der Waals surface area (Å²) in [6.07, 6.45) is 2.47. The van der Waals surface area contributed by atoms with E-state index < -0.39 is 0 Å². The zero-order valence-electron chi connectivity index (χ0n) is 14.6. The molecule has 6 heteroatoms. The van der Waals surface area contributed by atoms with Crippen LogP contribution in [0.2, 0.25) is 0 Å². The van der Waals surface area contributed by atoms with Gasteiger partial charge in [0.1, 0.15) is 0 Å². The Morgan fingerprint density at radius 3 is 2.71 bits per heavy atom. The van der Waals surface area contributed by atoms with E-state index in [1.807, 2.05) is 13.8 Å². The molecule has 6 nitrogen and oxygen atoms in total. The van der Waals surface area contributed by atoms with Gasteiger partial charge in [0.25, 0.3) is 5.91 Å². The number of carbonyl (C=O) groups is 2. The highest BCUT2D eigenvalue weighted by atomic mass is 16.3. The first-order valence-electron chi connectivity index (χ1n) is 8.48. The number of carbonyl (C=O) groups excluding carboxylic acids is 2. The van der Waals surface area contributed by atoms with Gasteiger partial charge in [-0.3, -0.25) is 4.79 Å². The summed E-state index contributed by atoms with van der Waals surface area (Å²) in [6, 6.07) is 6.64. The Balaban J connectivity index is 1.98. The first kappa shape index (κ1) is 18.3. The highest BCUT2D eigenvalue weighted by Crippen LogP contribution is 2.26. The molecule has 0 aliphatic heterocycles. The number of anilines is 1. The Morgan fingerprint density at radius 1 is 1.33 bits per heavy atom. The van der Waals surface area contributed by atoms with E-state index in [1.54, 1.807) is 36.2 Å². The van der Waals surface area contributed by atoms with Crippen molar-refractivity contribution in [1.29, 1.82) is 0 Å². The van der Waals surface area contributed by atoms with E-state index in [-0.39, 0.29) is 30.0 Å². The molecule has 1 aliphatic rings. The summed E-state index contributed by atoms with van der Waals surface area (Å²) in [5.41, 5.74) is 1.10. The number of nitrogens with one attached hydrogen (secondary N) is 2. The minimum atomic E-state index is -0.312. The van der Waals surface area contributed by atoms with Crippen LogP contribution in [-0.2, 0) is 0 Å². The van der Waals surface area contributed by atoms with Gasteiger partial charge in [-0.15, -0.1) is 0 Å². The summed E-state index contributed by atoms with van der Waals surface area (Å²) >= 11 is 0. The summed E-state index contributed by atoms with van der Waals surface area (Å²) in [5, 5.41) is 15.4. The van der Waals surface area contributed by atoms with E-state index >= 15 is 0 Å². The number of aliphatic hydroxyl groups excluding tert-OH is 1. The third-order valence-corrected chi connectivity index (χ3v) is 4.26. The number of hydrogen-bond acceptors (Lipinski definition) is 3. The molecular weight excluding hydrogens is 306 g/mol. The topological polar surface area (TPSA) is 81.7 Å². The van der Waals surface area contributed by atoms with Crippen LogP contribution in [0.4, 0.5) is 10.5 Å². The fraction of sp³-hybridized carbons (Fsp3) is 0.556. The lowest BCUT2D eigenvalue weighted by Gasteiger charge is -2.23. The fourth-order valence-electron chi connectivity index (χ4n) is 3.04. The highest BCUT2D eigenvalue weighted by Gasteiger charge is 2.27. The third-order valence-electron chi connectivity index (χ3n) is 4.26. The summed E-state index contributed by atoms with van der Waals surface area (Å²) in [6.45, 7) is 4.31. The molecule has 0 spiro atoms. The predicted octanol–water partition coefficient (Wildman–Crippen LogP) is 2.45. The molecule has 2 rings (SSSR count). The van der Waals surface area contributed by atoms with E-state index in [9.17, 15) is 14.7 Å². The normalized spacial score (nSPS) is 20.0. The number of urea groups is 1. The molecule has 1 saturated carbocycles. The average molecular weight is 333 g/mol. The third kappa shape index (κ3) is 4.96. The zero-order valence-corrected chi connectivity index (χ0v) is 14.6. The van der Waals surface area contributed by atoms with Gasteiger partial charge < -0.3 is 20.6 Å². The molecule has 0 aromatic heterocycles. The number of aliphatic hydroxyl groups is 1. The van der Waals surface area contributed by atoms with Crippen molar-refractivity contribution in [3.8, 4) is 0 Å². The zero-order chi connectivity index (χ0) is 17.7. The molecule has 3 N–H and O–H groups in total. The second kappa shape index (κ2) is 8.15. The van der Waals surface area contributed by atoms with Gasteiger partial charge in [-0.2, -0.15) is 0 Å². The van der Waals surface area contributed by atoms with Gasteiger partial charge in [0, 0.05) is 36.8 Å². The van der Waals surface area contributed by atoms with Crippen molar-refractivity contribution >= 4 is 17.6 Å². The SMILES string of the molecule is CC(C)NC(=O)Nc1cccc(C(=O)N(C)C[C@@H]2CCC[C@@H]2O)c1. The van der Waals surface area contributed by atoms with E-state index in [4.69, 9.17) is 0 Å². The fourth-order valence-corrected chi connectivity index (χ4v) is 3.04. The van der Waals surface area contributed by atoms with Crippen molar-refractivity contribution in [1.82, 2.24) is 10.2 Å². The molecule has 3 amide bonds. The maximum absolute atomic E-state index is 12.6. The van der Waals surface area contributed by atoms with Crippen LogP contribution in [0, 0.1) is 5.92 Å². The Bertz CT molecular complexity index is 589.